The Morgan fingerprint density at radius 2 is 0.389 bits per heavy atom. The van der Waals surface area contributed by atoms with Crippen molar-refractivity contribution in [2.75, 3.05) is 52.9 Å². The number of hydrogen-bond acceptors (Lipinski definition) is 44. The van der Waals surface area contributed by atoms with E-state index in [2.05, 4.69) is 0 Å². The first-order valence-corrected chi connectivity index (χ1v) is 36.9. The van der Waals surface area contributed by atoms with Crippen molar-refractivity contribution in [1.29, 1.82) is 0 Å². The Labute approximate surface area is 613 Å². The molecule has 108 heavy (non-hydrogen) atoms. The standard InChI is InChI=1S/C62H92O44S2/c1-19-3-7-21(8-4-19)107(85,86)89-17-29-53-38(76)46(84)62(98-29)106-54-30(18-90-108(87,88)22-9-5-20(2)6-10-22)97-61(45(83)37(54)75)104-52-28(16-68)95-59(43(81)35(52)73)102-50-26(14-66)93-57(41(79)33(50)71)100-48-24(12-64)91-55(39(77)31(48)69)99-47-23(11-63)92-56(40(78)32(47)70)101-49-25(13-65)94-58(42(80)34(49)72)103-51-27(15-67)96-60(105-53)44(82)36(51)74/h3-10,23-84H,11-18H2,1-2H3/t23-,24-,25-,26+,27-,28+,29-,30+,31-,32-,33-,34-,35-,36-,37-,38-,39-,40-,41-,42+,43-,44+,45-,46-,47-,48-,49-,50-,51-,52-,53-,54-,55-,56-,57-,58-,59-,60-,61-,62-/m1/s1. The minimum absolute atomic E-state index is 0.438. The third-order valence-electron chi connectivity index (χ3n) is 19.9. The van der Waals surface area contributed by atoms with Gasteiger partial charge in [-0.2, -0.15) is 16.8 Å². The Balaban J connectivity index is 0.912. The van der Waals surface area contributed by atoms with Gasteiger partial charge < -0.3 is 188 Å². The van der Waals surface area contributed by atoms with E-state index >= 15 is 0 Å². The molecule has 22 N–H and O–H groups in total. The number of rotatable bonds is 14. The maximum atomic E-state index is 13.8. The van der Waals surface area contributed by atoms with E-state index in [0.717, 1.165) is 24.3 Å². The summed E-state index contributed by atoms with van der Waals surface area (Å²) >= 11 is 0. The molecule has 616 valence electrons. The summed E-state index contributed by atoms with van der Waals surface area (Å²) in [6, 6.07) is 10.2. The highest BCUT2D eigenvalue weighted by atomic mass is 32.2. The molecule has 44 nitrogen and oxygen atoms in total. The second-order valence-electron chi connectivity index (χ2n) is 27.2. The number of ether oxygens (including phenoxy) is 16. The molecule has 30 aliphatic heterocycles. The van der Waals surface area contributed by atoms with Crippen LogP contribution in [0.5, 0.6) is 0 Å². The Bertz CT molecular complexity index is 3320. The number of benzene rings is 2. The second-order valence-corrected chi connectivity index (χ2v) is 30.4. The molecule has 2 aromatic carbocycles. The number of hydrogen-bond donors (Lipinski definition) is 22. The summed E-state index contributed by atoms with van der Waals surface area (Å²) in [4.78, 5) is -0.876. The lowest BCUT2D eigenvalue weighted by molar-refractivity contribution is -0.403. The Hall–Kier alpha value is -3.26. The van der Waals surface area contributed by atoms with Gasteiger partial charge >= 0.3 is 0 Å². The quantitative estimate of drug-likeness (QED) is 0.0781. The predicted molar refractivity (Wildman–Crippen MR) is 336 cm³/mol. The summed E-state index contributed by atoms with van der Waals surface area (Å²) in [7, 11) is -9.68. The number of aliphatic hydroxyl groups excluding tert-OH is 22. The predicted octanol–water partition coefficient (Wildman–Crippen LogP) is -14.0. The van der Waals surface area contributed by atoms with Crippen LogP contribution in [-0.4, -0.2) is 428 Å². The van der Waals surface area contributed by atoms with Crippen molar-refractivity contribution < 1.29 is 213 Å². The van der Waals surface area contributed by atoms with Crippen molar-refractivity contribution in [3.63, 3.8) is 0 Å². The first kappa shape index (κ1) is 85.6. The van der Waals surface area contributed by atoms with Gasteiger partial charge in [0.15, 0.2) is 50.3 Å². The lowest BCUT2D eigenvalue weighted by atomic mass is 9.94. The van der Waals surface area contributed by atoms with Gasteiger partial charge in [-0.15, -0.1) is 0 Å². The van der Waals surface area contributed by atoms with E-state index in [9.17, 15) is 129 Å². The van der Waals surface area contributed by atoms with E-state index < -0.39 is 329 Å². The average Bonchev–Trinajstić information content (AvgIpc) is 0.773. The molecule has 30 fully saturated rings. The van der Waals surface area contributed by atoms with Crippen molar-refractivity contribution >= 4 is 20.2 Å². The molecule has 16 bridgehead atoms. The minimum atomic E-state index is -4.84. The van der Waals surface area contributed by atoms with E-state index in [1.807, 2.05) is 0 Å². The molecule has 2 aromatic rings. The highest BCUT2D eigenvalue weighted by molar-refractivity contribution is 7.87. The highest BCUT2D eigenvalue weighted by Gasteiger charge is 2.61. The Morgan fingerprint density at radius 1 is 0.241 bits per heavy atom. The Kier molecular flexibility index (Phi) is 28.4. The molecule has 0 spiro atoms. The second kappa shape index (κ2) is 35.9. The monoisotopic (exact) mass is 1600 g/mol. The molecule has 30 aliphatic rings. The van der Waals surface area contributed by atoms with Crippen LogP contribution in [0.15, 0.2) is 58.3 Å². The molecule has 0 aromatic heterocycles. The summed E-state index contributed by atoms with van der Waals surface area (Å²) in [5.74, 6) is 0. The molecule has 0 aliphatic carbocycles. The van der Waals surface area contributed by atoms with Gasteiger partial charge in [-0.25, -0.2) is 0 Å². The summed E-state index contributed by atoms with van der Waals surface area (Å²) in [5.41, 5.74) is 1.22. The topological polar surface area (TPSA) is 679 Å². The van der Waals surface area contributed by atoms with Gasteiger partial charge in [0.05, 0.1) is 62.6 Å². The summed E-state index contributed by atoms with van der Waals surface area (Å²) in [6.45, 7) is -6.09. The molecule has 0 radical (unpaired) electrons. The maximum absolute atomic E-state index is 13.8. The van der Waals surface area contributed by atoms with Crippen LogP contribution < -0.4 is 0 Å². The van der Waals surface area contributed by atoms with Gasteiger partial charge in [0, 0.05) is 0 Å². The van der Waals surface area contributed by atoms with E-state index in [4.69, 9.17) is 84.2 Å². The molecule has 46 heteroatoms. The van der Waals surface area contributed by atoms with Crippen molar-refractivity contribution in [3.05, 3.63) is 59.7 Å². The zero-order chi connectivity index (χ0) is 78.4. The highest BCUT2D eigenvalue weighted by Crippen LogP contribution is 2.41. The summed E-state index contributed by atoms with van der Waals surface area (Å²) in [6.07, 6.45) is -87.6. The third-order valence-corrected chi connectivity index (χ3v) is 22.5. The van der Waals surface area contributed by atoms with Crippen LogP contribution in [0.1, 0.15) is 11.1 Å². The molecule has 30 heterocycles. The smallest absolute Gasteiger partial charge is 0.297 e. The first-order valence-electron chi connectivity index (χ1n) is 34.1. The SMILES string of the molecule is Cc1ccc(S(=O)(=O)OC[C@@H]2O[C@@H]3O[C@H]4[C@H](O)[C@@H](O)[C@@H](O[C@H]5[C@H](O)[C@@H](O)[C@@H](O[C@H]6[C@H](O)[C@@H](O)[C@@H](O[C@H]7[C@H](O)[C@@H](O)[C@@H](O[C@H]8[C@H](O)[C@H](O)[C@@H](O[C@H]9[C@H](O)[C@H](O)[C@@H](O[C@H]%10[C@H](O)[C@@H](O)[C@@H](O[C@H]2[C@H](O)[C@H]3O)O[C@@H]%10COS(=O)(=O)c2ccc(C)cc2)O[C@@H]9CO)O[C@@H]8CO)O[C@@H]7CO)O[C@@H]6CO)O[C@H]5CO)O[C@H]4CO)cc1. The fraction of sp³-hybridized carbons (Fsp3) is 0.806. The molecular weight excluding hydrogens is 1510 g/mol. The maximum Gasteiger partial charge on any atom is 0.297 e. The minimum Gasteiger partial charge on any atom is -0.394 e. The molecule has 0 unspecified atom stereocenters. The van der Waals surface area contributed by atoms with Gasteiger partial charge in [-0.1, -0.05) is 35.4 Å². The van der Waals surface area contributed by atoms with Crippen LogP contribution >= 0.6 is 0 Å². The van der Waals surface area contributed by atoms with Gasteiger partial charge in [0.2, 0.25) is 0 Å². The zero-order valence-electron chi connectivity index (χ0n) is 57.0. The van der Waals surface area contributed by atoms with Crippen LogP contribution in [0.25, 0.3) is 0 Å². The van der Waals surface area contributed by atoms with Crippen molar-refractivity contribution in [3.8, 4) is 0 Å². The van der Waals surface area contributed by atoms with E-state index in [1.165, 1.54) is 24.3 Å². The van der Waals surface area contributed by atoms with E-state index in [0.29, 0.717) is 11.1 Å². The normalized spacial score (nSPS) is 47.6. The lowest BCUT2D eigenvalue weighted by Gasteiger charge is -2.50. The van der Waals surface area contributed by atoms with Gasteiger partial charge in [-0.05, 0) is 38.1 Å². The largest absolute Gasteiger partial charge is 0.394 e. The third kappa shape index (κ3) is 17.8. The van der Waals surface area contributed by atoms with Gasteiger partial charge in [0.25, 0.3) is 20.2 Å². The molecule has 40 atom stereocenters. The van der Waals surface area contributed by atoms with Gasteiger partial charge in [-0.3, -0.25) is 8.37 Å². The van der Waals surface area contributed by atoms with Crippen LogP contribution in [0.4, 0.5) is 0 Å². The number of aliphatic hydroxyl groups is 22. The van der Waals surface area contributed by atoms with Crippen molar-refractivity contribution in [2.24, 2.45) is 0 Å². The fourth-order valence-electron chi connectivity index (χ4n) is 13.7. The average molecular weight is 1610 g/mol. The lowest BCUT2D eigenvalue weighted by Crippen LogP contribution is -2.69. The first-order chi connectivity index (χ1) is 51.2. The Morgan fingerprint density at radius 3 is 0.546 bits per heavy atom. The van der Waals surface area contributed by atoms with Crippen LogP contribution in [-0.2, 0) is 104 Å². The van der Waals surface area contributed by atoms with E-state index in [-0.39, 0.29) is 0 Å². The van der Waals surface area contributed by atoms with Crippen LogP contribution in [0.3, 0.4) is 0 Å². The molecule has 0 amide bonds. The van der Waals surface area contributed by atoms with Crippen LogP contribution in [0.2, 0.25) is 0 Å². The summed E-state index contributed by atoms with van der Waals surface area (Å²) < 4.78 is 159. The summed E-state index contributed by atoms with van der Waals surface area (Å²) in [5, 5.41) is 251. The molecule has 0 saturated carbocycles. The molecular formula is C62H92O44S2. The van der Waals surface area contributed by atoms with Gasteiger partial charge in [0.1, 0.15) is 195 Å². The van der Waals surface area contributed by atoms with Crippen LogP contribution in [0, 0.1) is 13.8 Å². The number of aryl methyl sites for hydroxylation is 2. The fourth-order valence-corrected chi connectivity index (χ4v) is 15.6. The zero-order valence-corrected chi connectivity index (χ0v) is 58.6. The molecule has 32 rings (SSSR count). The van der Waals surface area contributed by atoms with E-state index in [1.54, 1.807) is 13.8 Å². The van der Waals surface area contributed by atoms with Crippen molar-refractivity contribution in [1.82, 2.24) is 0 Å². The van der Waals surface area contributed by atoms with Crippen molar-refractivity contribution in [2.45, 2.75) is 269 Å². The molecule has 30 saturated heterocycles.